The van der Waals surface area contributed by atoms with E-state index in [-0.39, 0.29) is 17.4 Å². The predicted molar refractivity (Wildman–Crippen MR) is 58.3 cm³/mol. The second-order valence-corrected chi connectivity index (χ2v) is 3.42. The van der Waals surface area contributed by atoms with Crippen LogP contribution in [0.3, 0.4) is 0 Å². The smallest absolute Gasteiger partial charge is 0.316 e. The van der Waals surface area contributed by atoms with Gasteiger partial charge in [0.1, 0.15) is 6.04 Å². The lowest BCUT2D eigenvalue weighted by Crippen LogP contribution is -2.29. The minimum Gasteiger partial charge on any atom is -0.316 e. The number of hydrogen-bond donors (Lipinski definition) is 1. The van der Waals surface area contributed by atoms with Gasteiger partial charge >= 0.3 is 6.18 Å². The molecule has 0 amide bonds. The van der Waals surface area contributed by atoms with Crippen molar-refractivity contribution in [2.24, 2.45) is 5.73 Å². The average Bonchev–Trinajstić information content (AvgIpc) is 2.14. The van der Waals surface area contributed by atoms with Crippen molar-refractivity contribution < 1.29 is 18.1 Å². The standard InChI is InChI=1S/C8H6ClF3N2O2.ClH/c9-4-1-2-6(14(15)16)5(3-4)7(13)8(10,11)12;/h1-3,7H,13H2;1H/t7-;/m0./s1. The van der Waals surface area contributed by atoms with E-state index < -0.39 is 28.4 Å². The number of rotatable bonds is 2. The van der Waals surface area contributed by atoms with Crippen molar-refractivity contribution in [2.45, 2.75) is 12.2 Å². The Morgan fingerprint density at radius 1 is 1.41 bits per heavy atom. The summed E-state index contributed by atoms with van der Waals surface area (Å²) in [4.78, 5) is 9.57. The van der Waals surface area contributed by atoms with Gasteiger partial charge in [-0.25, -0.2) is 0 Å². The van der Waals surface area contributed by atoms with Gasteiger partial charge in [-0.3, -0.25) is 10.1 Å². The number of halogens is 5. The van der Waals surface area contributed by atoms with Crippen molar-refractivity contribution in [1.82, 2.24) is 0 Å². The van der Waals surface area contributed by atoms with Gasteiger partial charge < -0.3 is 5.73 Å². The van der Waals surface area contributed by atoms with E-state index in [4.69, 9.17) is 17.3 Å². The summed E-state index contributed by atoms with van der Waals surface area (Å²) in [5, 5.41) is 10.5. The molecule has 2 N–H and O–H groups in total. The molecule has 1 atom stereocenters. The molecule has 0 aromatic heterocycles. The molecule has 4 nitrogen and oxygen atoms in total. The van der Waals surface area contributed by atoms with Crippen molar-refractivity contribution in [2.75, 3.05) is 0 Å². The minimum absolute atomic E-state index is 0. The van der Waals surface area contributed by atoms with Gasteiger partial charge in [0.05, 0.1) is 10.5 Å². The molecule has 17 heavy (non-hydrogen) atoms. The van der Waals surface area contributed by atoms with E-state index in [1.807, 2.05) is 0 Å². The van der Waals surface area contributed by atoms with Gasteiger partial charge in [0, 0.05) is 11.1 Å². The third-order valence-corrected chi connectivity index (χ3v) is 2.11. The molecule has 0 radical (unpaired) electrons. The molecule has 0 aliphatic rings. The highest BCUT2D eigenvalue weighted by Crippen LogP contribution is 2.36. The van der Waals surface area contributed by atoms with Gasteiger partial charge in [0.2, 0.25) is 0 Å². The number of benzene rings is 1. The molecule has 0 fully saturated rings. The summed E-state index contributed by atoms with van der Waals surface area (Å²) in [5.41, 5.74) is 3.54. The van der Waals surface area contributed by atoms with Gasteiger partial charge in [-0.2, -0.15) is 13.2 Å². The van der Waals surface area contributed by atoms with Gasteiger partial charge in [-0.05, 0) is 12.1 Å². The summed E-state index contributed by atoms with van der Waals surface area (Å²) in [5.74, 6) is 0. The second kappa shape index (κ2) is 5.52. The third kappa shape index (κ3) is 3.72. The van der Waals surface area contributed by atoms with Crippen LogP contribution < -0.4 is 5.73 Å². The molecule has 1 aromatic rings. The molecule has 0 spiro atoms. The van der Waals surface area contributed by atoms with E-state index in [2.05, 4.69) is 0 Å². The average molecular weight is 291 g/mol. The van der Waals surface area contributed by atoms with Crippen LogP contribution in [0, 0.1) is 10.1 Å². The summed E-state index contributed by atoms with van der Waals surface area (Å²) in [6, 6.07) is 0.444. The molecule has 0 heterocycles. The Morgan fingerprint density at radius 2 is 1.94 bits per heavy atom. The van der Waals surface area contributed by atoms with Crippen LogP contribution in [0.2, 0.25) is 5.02 Å². The van der Waals surface area contributed by atoms with Crippen LogP contribution in [0.4, 0.5) is 18.9 Å². The van der Waals surface area contributed by atoms with E-state index in [0.29, 0.717) is 0 Å². The summed E-state index contributed by atoms with van der Waals surface area (Å²) in [6.45, 7) is 0. The fraction of sp³-hybridized carbons (Fsp3) is 0.250. The first-order valence-electron chi connectivity index (χ1n) is 3.99. The molecular formula is C8H7Cl2F3N2O2. The number of hydrogen-bond acceptors (Lipinski definition) is 3. The highest BCUT2D eigenvalue weighted by Gasteiger charge is 2.41. The predicted octanol–water partition coefficient (Wildman–Crippen LogP) is 3.23. The van der Waals surface area contributed by atoms with E-state index in [9.17, 15) is 23.3 Å². The molecule has 1 rings (SSSR count). The maximum Gasteiger partial charge on any atom is 0.407 e. The second-order valence-electron chi connectivity index (χ2n) is 2.98. The fourth-order valence-corrected chi connectivity index (χ4v) is 1.30. The first-order valence-corrected chi connectivity index (χ1v) is 4.37. The lowest BCUT2D eigenvalue weighted by molar-refractivity contribution is -0.386. The van der Waals surface area contributed by atoms with Crippen LogP contribution in [0.1, 0.15) is 11.6 Å². The summed E-state index contributed by atoms with van der Waals surface area (Å²) in [7, 11) is 0. The van der Waals surface area contributed by atoms with Crippen molar-refractivity contribution in [1.29, 1.82) is 0 Å². The summed E-state index contributed by atoms with van der Waals surface area (Å²) in [6.07, 6.45) is -4.75. The Hall–Kier alpha value is -1.05. The van der Waals surface area contributed by atoms with Crippen molar-refractivity contribution in [3.8, 4) is 0 Å². The maximum atomic E-state index is 12.3. The Bertz CT molecular complexity index is 426. The van der Waals surface area contributed by atoms with Crippen LogP contribution >= 0.6 is 24.0 Å². The number of alkyl halides is 3. The summed E-state index contributed by atoms with van der Waals surface area (Å²) < 4.78 is 37.0. The Kier molecular flexibility index (Phi) is 5.18. The molecule has 0 saturated carbocycles. The number of nitro benzene ring substituents is 1. The van der Waals surface area contributed by atoms with Crippen LogP contribution in [-0.2, 0) is 0 Å². The molecule has 0 unspecified atom stereocenters. The van der Waals surface area contributed by atoms with E-state index in [0.717, 1.165) is 18.2 Å². The van der Waals surface area contributed by atoms with Gasteiger partial charge in [0.25, 0.3) is 5.69 Å². The fourth-order valence-electron chi connectivity index (χ4n) is 1.12. The quantitative estimate of drug-likeness (QED) is 0.671. The van der Waals surface area contributed by atoms with Crippen LogP contribution in [0.25, 0.3) is 0 Å². The van der Waals surface area contributed by atoms with Crippen molar-refractivity contribution in [3.63, 3.8) is 0 Å². The highest BCUT2D eigenvalue weighted by atomic mass is 35.5. The number of nitrogens with zero attached hydrogens (tertiary/aromatic N) is 1. The largest absolute Gasteiger partial charge is 0.407 e. The normalized spacial score (nSPS) is 12.8. The van der Waals surface area contributed by atoms with Crippen molar-refractivity contribution >= 4 is 29.7 Å². The Morgan fingerprint density at radius 3 is 2.35 bits per heavy atom. The number of nitro groups is 1. The molecular weight excluding hydrogens is 284 g/mol. The van der Waals surface area contributed by atoms with E-state index >= 15 is 0 Å². The number of nitrogens with two attached hydrogens (primary N) is 1. The molecule has 0 aliphatic heterocycles. The van der Waals surface area contributed by atoms with Crippen LogP contribution in [0.15, 0.2) is 18.2 Å². The van der Waals surface area contributed by atoms with Crippen LogP contribution in [0.5, 0.6) is 0 Å². The first kappa shape index (κ1) is 16.0. The molecule has 0 aliphatic carbocycles. The Balaban J connectivity index is 0.00000256. The van der Waals surface area contributed by atoms with Gasteiger partial charge in [-0.15, -0.1) is 12.4 Å². The monoisotopic (exact) mass is 290 g/mol. The van der Waals surface area contributed by atoms with E-state index in [1.54, 1.807) is 0 Å². The summed E-state index contributed by atoms with van der Waals surface area (Å²) >= 11 is 5.47. The van der Waals surface area contributed by atoms with Gasteiger partial charge in [-0.1, -0.05) is 11.6 Å². The third-order valence-electron chi connectivity index (χ3n) is 1.87. The zero-order chi connectivity index (χ0) is 12.5. The molecule has 1 aromatic carbocycles. The lowest BCUT2D eigenvalue weighted by Gasteiger charge is -2.15. The molecule has 0 saturated heterocycles. The molecule has 0 bridgehead atoms. The van der Waals surface area contributed by atoms with Crippen molar-refractivity contribution in [3.05, 3.63) is 38.9 Å². The zero-order valence-corrected chi connectivity index (χ0v) is 9.64. The maximum absolute atomic E-state index is 12.3. The molecule has 96 valence electrons. The minimum atomic E-state index is -4.75. The lowest BCUT2D eigenvalue weighted by atomic mass is 10.1. The molecule has 9 heteroatoms. The van der Waals surface area contributed by atoms with Gasteiger partial charge in [0.15, 0.2) is 0 Å². The first-order chi connectivity index (χ1) is 7.23. The van der Waals surface area contributed by atoms with Crippen LogP contribution in [-0.4, -0.2) is 11.1 Å². The highest BCUT2D eigenvalue weighted by molar-refractivity contribution is 6.30. The zero-order valence-electron chi connectivity index (χ0n) is 8.07. The Labute approximate surface area is 105 Å². The topological polar surface area (TPSA) is 69.2 Å². The SMILES string of the molecule is Cl.N[C@@H](c1cc(Cl)ccc1[N+](=O)[O-])C(F)(F)F. The van der Waals surface area contributed by atoms with E-state index in [1.165, 1.54) is 0 Å².